The van der Waals surface area contributed by atoms with Gasteiger partial charge in [0.15, 0.2) is 0 Å². The first kappa shape index (κ1) is 18.4. The zero-order valence-electron chi connectivity index (χ0n) is 15.4. The minimum atomic E-state index is -0.200. The highest BCUT2D eigenvalue weighted by Gasteiger charge is 2.14. The fraction of sp³-hybridized carbons (Fsp3) is 0.130. The molecule has 0 spiro atoms. The van der Waals surface area contributed by atoms with Crippen LogP contribution >= 0.6 is 0 Å². The molecule has 4 nitrogen and oxygen atoms in total. The van der Waals surface area contributed by atoms with Crippen LogP contribution in [0.2, 0.25) is 0 Å². The molecule has 0 radical (unpaired) electrons. The molecule has 0 aromatic heterocycles. The molecular formula is C23H22N2O2. The van der Waals surface area contributed by atoms with Crippen molar-refractivity contribution in [3.05, 3.63) is 101 Å². The summed E-state index contributed by atoms with van der Waals surface area (Å²) in [5, 5.41) is 5.88. The zero-order chi connectivity index (χ0) is 19.2. The number of amides is 2. The van der Waals surface area contributed by atoms with E-state index >= 15 is 0 Å². The zero-order valence-corrected chi connectivity index (χ0v) is 15.4. The Bertz CT molecular complexity index is 937. The lowest BCUT2D eigenvalue weighted by atomic mass is 10.1. The second kappa shape index (κ2) is 8.32. The van der Waals surface area contributed by atoms with Crippen molar-refractivity contribution in [2.75, 3.05) is 5.32 Å². The van der Waals surface area contributed by atoms with E-state index in [0.717, 1.165) is 11.1 Å². The van der Waals surface area contributed by atoms with Crippen LogP contribution in [0.1, 0.15) is 44.8 Å². The molecule has 0 fully saturated rings. The minimum Gasteiger partial charge on any atom is -0.346 e. The second-order valence-corrected chi connectivity index (χ2v) is 6.46. The van der Waals surface area contributed by atoms with Crippen molar-refractivity contribution in [1.82, 2.24) is 5.32 Å². The molecule has 4 heteroatoms. The Labute approximate surface area is 159 Å². The molecular weight excluding hydrogens is 336 g/mol. The molecule has 2 N–H and O–H groups in total. The molecule has 27 heavy (non-hydrogen) atoms. The van der Waals surface area contributed by atoms with E-state index in [9.17, 15) is 9.59 Å². The topological polar surface area (TPSA) is 58.2 Å². The van der Waals surface area contributed by atoms with Crippen LogP contribution in [0.5, 0.6) is 0 Å². The van der Waals surface area contributed by atoms with Gasteiger partial charge < -0.3 is 10.6 Å². The Morgan fingerprint density at radius 3 is 2.07 bits per heavy atom. The van der Waals surface area contributed by atoms with E-state index in [1.807, 2.05) is 68.4 Å². The number of aryl methyl sites for hydroxylation is 1. The van der Waals surface area contributed by atoms with Crippen molar-refractivity contribution < 1.29 is 9.59 Å². The van der Waals surface area contributed by atoms with Gasteiger partial charge in [-0.3, -0.25) is 9.59 Å². The summed E-state index contributed by atoms with van der Waals surface area (Å²) in [5.74, 6) is -0.379. The summed E-state index contributed by atoms with van der Waals surface area (Å²) in [7, 11) is 0. The maximum absolute atomic E-state index is 12.6. The van der Waals surface area contributed by atoms with Gasteiger partial charge in [0.25, 0.3) is 11.8 Å². The molecule has 3 rings (SSSR count). The maximum Gasteiger partial charge on any atom is 0.255 e. The predicted molar refractivity (Wildman–Crippen MR) is 108 cm³/mol. The van der Waals surface area contributed by atoms with Gasteiger partial charge in [-0.25, -0.2) is 0 Å². The molecule has 0 heterocycles. The lowest BCUT2D eigenvalue weighted by molar-refractivity contribution is 0.0938. The van der Waals surface area contributed by atoms with Crippen LogP contribution in [0.4, 0.5) is 5.69 Å². The van der Waals surface area contributed by atoms with Crippen molar-refractivity contribution in [1.29, 1.82) is 0 Å². The van der Waals surface area contributed by atoms with Gasteiger partial charge in [-0.1, -0.05) is 54.6 Å². The fourth-order valence-electron chi connectivity index (χ4n) is 2.79. The van der Waals surface area contributed by atoms with E-state index in [-0.39, 0.29) is 17.9 Å². The van der Waals surface area contributed by atoms with Gasteiger partial charge in [0, 0.05) is 16.8 Å². The van der Waals surface area contributed by atoms with Gasteiger partial charge in [0.1, 0.15) is 0 Å². The number of hydrogen-bond acceptors (Lipinski definition) is 2. The van der Waals surface area contributed by atoms with Crippen LogP contribution in [-0.4, -0.2) is 11.8 Å². The number of nitrogens with one attached hydrogen (secondary N) is 2. The Morgan fingerprint density at radius 2 is 1.41 bits per heavy atom. The third-order valence-corrected chi connectivity index (χ3v) is 4.43. The number of carbonyl (C=O) groups is 2. The van der Waals surface area contributed by atoms with Gasteiger partial charge >= 0.3 is 0 Å². The van der Waals surface area contributed by atoms with E-state index in [4.69, 9.17) is 0 Å². The van der Waals surface area contributed by atoms with Crippen LogP contribution < -0.4 is 10.6 Å². The molecule has 0 aliphatic carbocycles. The van der Waals surface area contributed by atoms with Gasteiger partial charge in [0.2, 0.25) is 0 Å². The Hall–Kier alpha value is -3.40. The Kier molecular flexibility index (Phi) is 5.67. The molecule has 3 aromatic carbocycles. The number of carbonyl (C=O) groups excluding carboxylic acids is 2. The summed E-state index contributed by atoms with van der Waals surface area (Å²) in [6, 6.07) is 24.0. The quantitative estimate of drug-likeness (QED) is 0.692. The number of benzene rings is 3. The summed E-state index contributed by atoms with van der Waals surface area (Å²) in [6.45, 7) is 3.84. The first-order valence-corrected chi connectivity index (χ1v) is 8.87. The van der Waals surface area contributed by atoms with E-state index in [0.29, 0.717) is 16.8 Å². The van der Waals surface area contributed by atoms with E-state index in [1.165, 1.54) is 0 Å². The molecule has 2 amide bonds. The average Bonchev–Trinajstić information content (AvgIpc) is 2.70. The van der Waals surface area contributed by atoms with E-state index in [2.05, 4.69) is 10.6 Å². The predicted octanol–water partition coefficient (Wildman–Crippen LogP) is 4.74. The van der Waals surface area contributed by atoms with Crippen LogP contribution in [0, 0.1) is 6.92 Å². The van der Waals surface area contributed by atoms with Crippen molar-refractivity contribution in [2.24, 2.45) is 0 Å². The van der Waals surface area contributed by atoms with Crippen molar-refractivity contribution in [3.8, 4) is 0 Å². The molecule has 1 atom stereocenters. The SMILES string of the molecule is Cc1ccc(C(=O)NC(C)c2ccccc2)cc1NC(=O)c1ccccc1. The Balaban J connectivity index is 1.74. The molecule has 0 saturated heterocycles. The van der Waals surface area contributed by atoms with Gasteiger partial charge in [-0.15, -0.1) is 0 Å². The monoisotopic (exact) mass is 358 g/mol. The first-order valence-electron chi connectivity index (χ1n) is 8.87. The standard InChI is InChI=1S/C23H22N2O2/c1-16-13-14-20(23(27)24-17(2)18-9-5-3-6-10-18)15-21(16)25-22(26)19-11-7-4-8-12-19/h3-15,17H,1-2H3,(H,24,27)(H,25,26). The smallest absolute Gasteiger partial charge is 0.255 e. The van der Waals surface area contributed by atoms with Crippen LogP contribution in [0.3, 0.4) is 0 Å². The normalized spacial score (nSPS) is 11.5. The average molecular weight is 358 g/mol. The van der Waals surface area contributed by atoms with Gasteiger partial charge in [-0.05, 0) is 49.2 Å². The summed E-state index contributed by atoms with van der Waals surface area (Å²) in [6.07, 6.45) is 0. The van der Waals surface area contributed by atoms with E-state index in [1.54, 1.807) is 24.3 Å². The van der Waals surface area contributed by atoms with E-state index < -0.39 is 0 Å². The van der Waals surface area contributed by atoms with Crippen molar-refractivity contribution in [2.45, 2.75) is 19.9 Å². The van der Waals surface area contributed by atoms with Crippen LogP contribution in [-0.2, 0) is 0 Å². The highest BCUT2D eigenvalue weighted by Crippen LogP contribution is 2.19. The summed E-state index contributed by atoms with van der Waals surface area (Å²) in [5.41, 5.74) is 3.64. The lowest BCUT2D eigenvalue weighted by Crippen LogP contribution is -2.26. The maximum atomic E-state index is 12.6. The fourth-order valence-corrected chi connectivity index (χ4v) is 2.79. The minimum absolute atomic E-state index is 0.109. The molecule has 136 valence electrons. The highest BCUT2D eigenvalue weighted by molar-refractivity contribution is 6.05. The number of anilines is 1. The number of hydrogen-bond donors (Lipinski definition) is 2. The largest absolute Gasteiger partial charge is 0.346 e. The molecule has 0 aliphatic rings. The molecule has 3 aromatic rings. The molecule has 0 bridgehead atoms. The van der Waals surface area contributed by atoms with Crippen molar-refractivity contribution in [3.63, 3.8) is 0 Å². The summed E-state index contributed by atoms with van der Waals surface area (Å²) < 4.78 is 0. The molecule has 0 aliphatic heterocycles. The van der Waals surface area contributed by atoms with Gasteiger partial charge in [0.05, 0.1) is 6.04 Å². The second-order valence-electron chi connectivity index (χ2n) is 6.46. The summed E-state index contributed by atoms with van der Waals surface area (Å²) in [4.78, 5) is 25.0. The molecule has 1 unspecified atom stereocenters. The third kappa shape index (κ3) is 4.61. The summed E-state index contributed by atoms with van der Waals surface area (Å²) >= 11 is 0. The first-order chi connectivity index (χ1) is 13.0. The lowest BCUT2D eigenvalue weighted by Gasteiger charge is -2.15. The highest BCUT2D eigenvalue weighted by atomic mass is 16.2. The Morgan fingerprint density at radius 1 is 0.778 bits per heavy atom. The third-order valence-electron chi connectivity index (χ3n) is 4.43. The molecule has 0 saturated carbocycles. The van der Waals surface area contributed by atoms with Crippen LogP contribution in [0.25, 0.3) is 0 Å². The van der Waals surface area contributed by atoms with Crippen molar-refractivity contribution >= 4 is 17.5 Å². The van der Waals surface area contributed by atoms with Crippen LogP contribution in [0.15, 0.2) is 78.9 Å². The van der Waals surface area contributed by atoms with Gasteiger partial charge in [-0.2, -0.15) is 0 Å². The number of rotatable bonds is 5.